The van der Waals surface area contributed by atoms with Gasteiger partial charge in [0.05, 0.1) is 18.6 Å². The molecule has 0 unspecified atom stereocenters. The molecule has 1 N–H and O–H groups in total. The molecule has 0 bridgehead atoms. The molecule has 2 fully saturated rings. The molecule has 1 aromatic rings. The number of ether oxygens (including phenoxy) is 2. The van der Waals surface area contributed by atoms with Gasteiger partial charge in [0, 0.05) is 16.5 Å². The standard InChI is InChI=1S/C18H21ClO4/c19-13-9-15-14(22-10-17(6-7-17)11-23-15)8-12(13)18(16(20)21)4-2-1-3-5-18/h8-9H,1-7,10-11H2,(H,20,21). The van der Waals surface area contributed by atoms with Gasteiger partial charge in [0.25, 0.3) is 0 Å². The number of hydrogen-bond donors (Lipinski definition) is 1. The molecule has 0 amide bonds. The summed E-state index contributed by atoms with van der Waals surface area (Å²) in [5, 5.41) is 10.4. The van der Waals surface area contributed by atoms with Crippen molar-refractivity contribution in [1.29, 1.82) is 0 Å². The van der Waals surface area contributed by atoms with E-state index in [0.717, 1.165) is 32.1 Å². The monoisotopic (exact) mass is 336 g/mol. The van der Waals surface area contributed by atoms with Crippen LogP contribution in [0.3, 0.4) is 0 Å². The van der Waals surface area contributed by atoms with Crippen LogP contribution in [0.5, 0.6) is 11.5 Å². The lowest BCUT2D eigenvalue weighted by atomic mass is 9.69. The zero-order valence-corrected chi connectivity index (χ0v) is 13.8. The molecule has 2 aliphatic carbocycles. The third-order valence-corrected chi connectivity index (χ3v) is 6.00. The van der Waals surface area contributed by atoms with Crippen LogP contribution in [0.1, 0.15) is 50.5 Å². The molecule has 0 aromatic heterocycles. The average molecular weight is 337 g/mol. The van der Waals surface area contributed by atoms with Gasteiger partial charge >= 0.3 is 5.97 Å². The lowest BCUT2D eigenvalue weighted by Crippen LogP contribution is -2.38. The molecule has 124 valence electrons. The van der Waals surface area contributed by atoms with E-state index in [2.05, 4.69) is 0 Å². The Balaban J connectivity index is 1.74. The van der Waals surface area contributed by atoms with Crippen molar-refractivity contribution in [2.24, 2.45) is 5.41 Å². The minimum atomic E-state index is -0.892. The number of hydrogen-bond acceptors (Lipinski definition) is 3. The van der Waals surface area contributed by atoms with E-state index in [1.807, 2.05) is 6.07 Å². The Hall–Kier alpha value is -1.42. The second-order valence-corrected chi connectivity index (χ2v) is 7.71. The second kappa shape index (κ2) is 5.30. The molecule has 1 aromatic carbocycles. The van der Waals surface area contributed by atoms with Gasteiger partial charge in [-0.15, -0.1) is 0 Å². The summed E-state index contributed by atoms with van der Waals surface area (Å²) in [4.78, 5) is 12.0. The van der Waals surface area contributed by atoms with E-state index in [1.165, 1.54) is 0 Å². The molecule has 4 rings (SSSR count). The Bertz CT molecular complexity index is 645. The SMILES string of the molecule is O=C(O)C1(c2cc3c(cc2Cl)OCC2(CC2)CO3)CCCCC1. The van der Waals surface area contributed by atoms with Crippen molar-refractivity contribution in [2.75, 3.05) is 13.2 Å². The molecule has 4 nitrogen and oxygen atoms in total. The highest BCUT2D eigenvalue weighted by Crippen LogP contribution is 2.51. The van der Waals surface area contributed by atoms with Crippen molar-refractivity contribution in [2.45, 2.75) is 50.4 Å². The smallest absolute Gasteiger partial charge is 0.314 e. The lowest BCUT2D eigenvalue weighted by Gasteiger charge is -2.34. The molecular formula is C18H21ClO4. The van der Waals surface area contributed by atoms with Gasteiger partial charge in [-0.05, 0) is 37.3 Å². The Kier molecular flexibility index (Phi) is 3.49. The average Bonchev–Trinajstić information content (AvgIpc) is 3.35. The van der Waals surface area contributed by atoms with E-state index >= 15 is 0 Å². The van der Waals surface area contributed by atoms with E-state index < -0.39 is 11.4 Å². The van der Waals surface area contributed by atoms with Crippen molar-refractivity contribution >= 4 is 17.6 Å². The molecule has 0 atom stereocenters. The summed E-state index contributed by atoms with van der Waals surface area (Å²) >= 11 is 6.47. The minimum absolute atomic E-state index is 0.154. The molecule has 0 radical (unpaired) electrons. The van der Waals surface area contributed by atoms with Crippen LogP contribution < -0.4 is 9.47 Å². The summed E-state index contributed by atoms with van der Waals surface area (Å²) in [6.45, 7) is 1.29. The summed E-state index contributed by atoms with van der Waals surface area (Å²) in [5.74, 6) is 0.491. The minimum Gasteiger partial charge on any atom is -0.489 e. The number of rotatable bonds is 2. The highest BCUT2D eigenvalue weighted by atomic mass is 35.5. The Morgan fingerprint density at radius 1 is 1.00 bits per heavy atom. The fourth-order valence-electron chi connectivity index (χ4n) is 3.85. The molecule has 0 saturated heterocycles. The van der Waals surface area contributed by atoms with Crippen molar-refractivity contribution in [3.8, 4) is 11.5 Å². The first-order valence-corrected chi connectivity index (χ1v) is 8.76. The van der Waals surface area contributed by atoms with Crippen LogP contribution in [0.4, 0.5) is 0 Å². The quantitative estimate of drug-likeness (QED) is 0.880. The van der Waals surface area contributed by atoms with Crippen molar-refractivity contribution < 1.29 is 19.4 Å². The summed E-state index contributed by atoms with van der Waals surface area (Å²) in [6, 6.07) is 3.56. The van der Waals surface area contributed by atoms with Gasteiger partial charge in [-0.2, -0.15) is 0 Å². The summed E-state index contributed by atoms with van der Waals surface area (Å²) < 4.78 is 11.8. The zero-order chi connectivity index (χ0) is 16.1. The lowest BCUT2D eigenvalue weighted by molar-refractivity contribution is -0.145. The Labute approximate surface area is 140 Å². The second-order valence-electron chi connectivity index (χ2n) is 7.30. The van der Waals surface area contributed by atoms with Gasteiger partial charge in [-0.25, -0.2) is 0 Å². The van der Waals surface area contributed by atoms with Gasteiger partial charge < -0.3 is 14.6 Å². The highest BCUT2D eigenvalue weighted by molar-refractivity contribution is 6.32. The van der Waals surface area contributed by atoms with Crippen LogP contribution in [-0.2, 0) is 10.2 Å². The van der Waals surface area contributed by atoms with Crippen molar-refractivity contribution in [3.63, 3.8) is 0 Å². The number of benzene rings is 1. The fraction of sp³-hybridized carbons (Fsp3) is 0.611. The first-order chi connectivity index (χ1) is 11.0. The third kappa shape index (κ3) is 2.47. The summed E-state index contributed by atoms with van der Waals surface area (Å²) in [5.41, 5.74) is -0.0568. The zero-order valence-electron chi connectivity index (χ0n) is 13.1. The number of aliphatic carboxylic acids is 1. The van der Waals surface area contributed by atoms with Crippen LogP contribution in [0.2, 0.25) is 5.02 Å². The Morgan fingerprint density at radius 3 is 2.17 bits per heavy atom. The van der Waals surface area contributed by atoms with Gasteiger partial charge in [0.1, 0.15) is 0 Å². The number of halogens is 1. The third-order valence-electron chi connectivity index (χ3n) is 5.69. The van der Waals surface area contributed by atoms with Crippen LogP contribution >= 0.6 is 11.6 Å². The number of carboxylic acids is 1. The van der Waals surface area contributed by atoms with Gasteiger partial charge in [0.2, 0.25) is 0 Å². The molecule has 23 heavy (non-hydrogen) atoms. The van der Waals surface area contributed by atoms with Crippen molar-refractivity contribution in [3.05, 3.63) is 22.7 Å². The van der Waals surface area contributed by atoms with Crippen LogP contribution in [0.15, 0.2) is 12.1 Å². The normalized spacial score (nSPS) is 24.0. The van der Waals surface area contributed by atoms with E-state index in [0.29, 0.717) is 48.1 Å². The predicted octanol–water partition coefficient (Wildman–Crippen LogP) is 4.18. The first kappa shape index (κ1) is 15.1. The predicted molar refractivity (Wildman–Crippen MR) is 86.5 cm³/mol. The van der Waals surface area contributed by atoms with Crippen LogP contribution in [-0.4, -0.2) is 24.3 Å². The van der Waals surface area contributed by atoms with E-state index in [1.54, 1.807) is 6.07 Å². The molecule has 2 saturated carbocycles. The van der Waals surface area contributed by atoms with Gasteiger partial charge in [-0.3, -0.25) is 4.79 Å². The number of carbonyl (C=O) groups is 1. The molecule has 1 heterocycles. The Morgan fingerprint density at radius 2 is 1.61 bits per heavy atom. The first-order valence-electron chi connectivity index (χ1n) is 8.38. The topological polar surface area (TPSA) is 55.8 Å². The van der Waals surface area contributed by atoms with Crippen LogP contribution in [0.25, 0.3) is 0 Å². The fourth-order valence-corrected chi connectivity index (χ4v) is 4.18. The number of fused-ring (bicyclic) bond motifs is 1. The molecular weight excluding hydrogens is 316 g/mol. The molecule has 3 aliphatic rings. The maximum atomic E-state index is 12.0. The number of carboxylic acid groups (broad SMARTS) is 1. The molecule has 5 heteroatoms. The molecule has 1 aliphatic heterocycles. The maximum absolute atomic E-state index is 12.0. The maximum Gasteiger partial charge on any atom is 0.314 e. The largest absolute Gasteiger partial charge is 0.489 e. The summed E-state index contributed by atoms with van der Waals surface area (Å²) in [7, 11) is 0. The van der Waals surface area contributed by atoms with Crippen molar-refractivity contribution in [1.82, 2.24) is 0 Å². The van der Waals surface area contributed by atoms with E-state index in [4.69, 9.17) is 21.1 Å². The van der Waals surface area contributed by atoms with Crippen LogP contribution in [0, 0.1) is 5.41 Å². The highest BCUT2D eigenvalue weighted by Gasteiger charge is 2.47. The molecule has 1 spiro atoms. The van der Waals surface area contributed by atoms with E-state index in [-0.39, 0.29) is 5.41 Å². The summed E-state index contributed by atoms with van der Waals surface area (Å²) in [6.07, 6.45) is 6.43. The van der Waals surface area contributed by atoms with Gasteiger partial charge in [0.15, 0.2) is 11.5 Å². The van der Waals surface area contributed by atoms with Gasteiger partial charge in [-0.1, -0.05) is 30.9 Å². The van der Waals surface area contributed by atoms with E-state index in [9.17, 15) is 9.90 Å².